The van der Waals surface area contributed by atoms with Gasteiger partial charge in [-0.15, -0.1) is 0 Å². The van der Waals surface area contributed by atoms with Crippen LogP contribution in [-0.2, 0) is 33.4 Å². The van der Waals surface area contributed by atoms with Crippen LogP contribution in [0.25, 0.3) is 0 Å². The summed E-state index contributed by atoms with van der Waals surface area (Å²) in [4.78, 5) is 0. The summed E-state index contributed by atoms with van der Waals surface area (Å²) in [6.45, 7) is 4.22. The Morgan fingerprint density at radius 1 is 1.05 bits per heavy atom. The van der Waals surface area contributed by atoms with Crippen LogP contribution in [0.15, 0.2) is 12.1 Å². The molecule has 0 aliphatic heterocycles. The van der Waals surface area contributed by atoms with Crippen molar-refractivity contribution in [2.45, 2.75) is 39.2 Å². The normalized spacial score (nSPS) is 12.9. The minimum Gasteiger partial charge on any atom is -0.322 e. The first-order chi connectivity index (χ1) is 9.05. The molecule has 0 bridgehead atoms. The summed E-state index contributed by atoms with van der Waals surface area (Å²) in [5, 5.41) is 8.91. The van der Waals surface area contributed by atoms with Crippen molar-refractivity contribution < 1.29 is 0 Å². The predicted octanol–water partition coefficient (Wildman–Crippen LogP) is 1.52. The summed E-state index contributed by atoms with van der Waals surface area (Å²) < 4.78 is 3.82. The predicted molar refractivity (Wildman–Crippen MR) is 75.8 cm³/mol. The van der Waals surface area contributed by atoms with Crippen molar-refractivity contribution in [2.24, 2.45) is 19.8 Å². The van der Waals surface area contributed by atoms with Crippen molar-refractivity contribution in [3.05, 3.63) is 34.9 Å². The molecule has 5 heteroatoms. The van der Waals surface area contributed by atoms with Crippen LogP contribution in [0.4, 0.5) is 0 Å². The largest absolute Gasteiger partial charge is 0.322 e. The summed E-state index contributed by atoms with van der Waals surface area (Å²) in [5.41, 5.74) is 10.8. The molecule has 2 N–H and O–H groups in total. The van der Waals surface area contributed by atoms with Gasteiger partial charge in [0.15, 0.2) is 0 Å². The van der Waals surface area contributed by atoms with Gasteiger partial charge in [-0.05, 0) is 25.0 Å². The average Bonchev–Trinajstić information content (AvgIpc) is 2.93. The topological polar surface area (TPSA) is 61.7 Å². The van der Waals surface area contributed by atoms with Crippen molar-refractivity contribution in [2.75, 3.05) is 0 Å². The van der Waals surface area contributed by atoms with Gasteiger partial charge >= 0.3 is 0 Å². The Bertz CT molecular complexity index is 552. The van der Waals surface area contributed by atoms with Gasteiger partial charge in [-0.2, -0.15) is 10.2 Å². The van der Waals surface area contributed by atoms with E-state index in [1.807, 2.05) is 23.5 Å². The summed E-state index contributed by atoms with van der Waals surface area (Å²) in [6.07, 6.45) is 2.67. The molecule has 2 aromatic rings. The second-order valence-corrected chi connectivity index (χ2v) is 4.95. The molecule has 0 spiro atoms. The fourth-order valence-corrected chi connectivity index (χ4v) is 2.33. The first-order valence-corrected chi connectivity index (χ1v) is 6.85. The third kappa shape index (κ3) is 2.87. The fourth-order valence-electron chi connectivity index (χ4n) is 2.33. The van der Waals surface area contributed by atoms with Crippen molar-refractivity contribution in [3.63, 3.8) is 0 Å². The van der Waals surface area contributed by atoms with E-state index in [0.29, 0.717) is 0 Å². The minimum atomic E-state index is -0.0436. The summed E-state index contributed by atoms with van der Waals surface area (Å²) in [5.74, 6) is 0. The monoisotopic (exact) mass is 261 g/mol. The molecule has 0 fully saturated rings. The van der Waals surface area contributed by atoms with Gasteiger partial charge in [0, 0.05) is 26.2 Å². The quantitative estimate of drug-likeness (QED) is 0.887. The SMILES string of the molecule is CCc1cc(CC(N)c2cc(CC)nn2C)n(C)n1. The maximum atomic E-state index is 6.31. The van der Waals surface area contributed by atoms with E-state index < -0.39 is 0 Å². The van der Waals surface area contributed by atoms with Crippen LogP contribution in [0, 0.1) is 0 Å². The number of aromatic nitrogens is 4. The van der Waals surface area contributed by atoms with Crippen molar-refractivity contribution in [1.82, 2.24) is 19.6 Å². The first kappa shape index (κ1) is 13.8. The second kappa shape index (κ2) is 5.57. The number of aryl methyl sites for hydroxylation is 4. The Hall–Kier alpha value is -1.62. The molecule has 5 nitrogen and oxygen atoms in total. The number of hydrogen-bond acceptors (Lipinski definition) is 3. The lowest BCUT2D eigenvalue weighted by Gasteiger charge is -2.11. The van der Waals surface area contributed by atoms with E-state index in [1.165, 1.54) is 5.69 Å². The van der Waals surface area contributed by atoms with E-state index in [0.717, 1.165) is 36.3 Å². The molecule has 0 aliphatic carbocycles. The van der Waals surface area contributed by atoms with Gasteiger partial charge in [0.25, 0.3) is 0 Å². The van der Waals surface area contributed by atoms with Crippen molar-refractivity contribution >= 4 is 0 Å². The number of nitrogens with two attached hydrogens (primary N) is 1. The highest BCUT2D eigenvalue weighted by atomic mass is 15.3. The molecule has 0 saturated carbocycles. The Balaban J connectivity index is 2.17. The third-order valence-electron chi connectivity index (χ3n) is 3.53. The Morgan fingerprint density at radius 2 is 1.63 bits per heavy atom. The molecule has 2 rings (SSSR count). The maximum Gasteiger partial charge on any atom is 0.0625 e. The molecular formula is C14H23N5. The van der Waals surface area contributed by atoms with E-state index in [4.69, 9.17) is 5.73 Å². The lowest BCUT2D eigenvalue weighted by Crippen LogP contribution is -2.18. The van der Waals surface area contributed by atoms with Crippen LogP contribution >= 0.6 is 0 Å². The third-order valence-corrected chi connectivity index (χ3v) is 3.53. The molecular weight excluding hydrogens is 238 g/mol. The molecule has 0 saturated heterocycles. The van der Waals surface area contributed by atoms with Crippen LogP contribution in [0.2, 0.25) is 0 Å². The van der Waals surface area contributed by atoms with Gasteiger partial charge in [0.1, 0.15) is 0 Å². The molecule has 104 valence electrons. The molecule has 0 amide bonds. The molecule has 0 radical (unpaired) electrons. The fraction of sp³-hybridized carbons (Fsp3) is 0.571. The second-order valence-electron chi connectivity index (χ2n) is 4.95. The average molecular weight is 261 g/mol. The Kier molecular flexibility index (Phi) is 4.04. The highest BCUT2D eigenvalue weighted by molar-refractivity contribution is 5.18. The molecule has 2 heterocycles. The molecule has 2 aromatic heterocycles. The van der Waals surface area contributed by atoms with Crippen molar-refractivity contribution in [1.29, 1.82) is 0 Å². The smallest absolute Gasteiger partial charge is 0.0625 e. The van der Waals surface area contributed by atoms with Crippen LogP contribution in [0.3, 0.4) is 0 Å². The molecule has 0 aliphatic rings. The number of nitrogens with zero attached hydrogens (tertiary/aromatic N) is 4. The zero-order valence-corrected chi connectivity index (χ0v) is 12.2. The minimum absolute atomic E-state index is 0.0436. The molecule has 1 unspecified atom stereocenters. The lowest BCUT2D eigenvalue weighted by molar-refractivity contribution is 0.586. The maximum absolute atomic E-state index is 6.31. The zero-order valence-electron chi connectivity index (χ0n) is 12.2. The number of hydrogen-bond donors (Lipinski definition) is 1. The van der Waals surface area contributed by atoms with Crippen LogP contribution in [0.5, 0.6) is 0 Å². The van der Waals surface area contributed by atoms with Gasteiger partial charge in [-0.25, -0.2) is 0 Å². The van der Waals surface area contributed by atoms with Crippen LogP contribution in [-0.4, -0.2) is 19.6 Å². The molecule has 19 heavy (non-hydrogen) atoms. The van der Waals surface area contributed by atoms with E-state index in [9.17, 15) is 0 Å². The lowest BCUT2D eigenvalue weighted by atomic mass is 10.1. The van der Waals surface area contributed by atoms with Crippen molar-refractivity contribution in [3.8, 4) is 0 Å². The van der Waals surface area contributed by atoms with Gasteiger partial charge in [-0.1, -0.05) is 13.8 Å². The molecule has 0 aromatic carbocycles. The first-order valence-electron chi connectivity index (χ1n) is 6.85. The van der Waals surface area contributed by atoms with E-state index >= 15 is 0 Å². The summed E-state index contributed by atoms with van der Waals surface area (Å²) in [6, 6.07) is 4.19. The van der Waals surface area contributed by atoms with E-state index in [-0.39, 0.29) is 6.04 Å². The number of rotatable bonds is 5. The standard InChI is InChI=1S/C14H23N5/c1-5-10-7-12(18(3)16-10)9-13(15)14-8-11(6-2)17-19(14)4/h7-8,13H,5-6,9,15H2,1-4H3. The molecule has 1 atom stereocenters. The Labute approximate surface area is 114 Å². The summed E-state index contributed by atoms with van der Waals surface area (Å²) in [7, 11) is 3.93. The van der Waals surface area contributed by atoms with Crippen LogP contribution < -0.4 is 5.73 Å². The summed E-state index contributed by atoms with van der Waals surface area (Å²) >= 11 is 0. The highest BCUT2D eigenvalue weighted by Crippen LogP contribution is 2.17. The van der Waals surface area contributed by atoms with Gasteiger partial charge in [-0.3, -0.25) is 9.36 Å². The Morgan fingerprint density at radius 3 is 2.16 bits per heavy atom. The van der Waals surface area contributed by atoms with Crippen LogP contribution in [0.1, 0.15) is 42.7 Å². The van der Waals surface area contributed by atoms with Gasteiger partial charge in [0.05, 0.1) is 23.1 Å². The van der Waals surface area contributed by atoms with E-state index in [1.54, 1.807) is 0 Å². The highest BCUT2D eigenvalue weighted by Gasteiger charge is 2.15. The van der Waals surface area contributed by atoms with Gasteiger partial charge < -0.3 is 5.73 Å². The van der Waals surface area contributed by atoms with Gasteiger partial charge in [0.2, 0.25) is 0 Å². The van der Waals surface area contributed by atoms with E-state index in [2.05, 4.69) is 36.2 Å². The zero-order chi connectivity index (χ0) is 14.0.